The predicted octanol–water partition coefficient (Wildman–Crippen LogP) is 0.626. The van der Waals surface area contributed by atoms with E-state index in [1.807, 2.05) is 18.2 Å². The maximum atomic E-state index is 10.5. The van der Waals surface area contributed by atoms with Gasteiger partial charge in [-0.1, -0.05) is 24.3 Å². The zero-order valence-electron chi connectivity index (χ0n) is 18.1. The van der Waals surface area contributed by atoms with Crippen molar-refractivity contribution < 1.29 is 34.6 Å². The third-order valence-electron chi connectivity index (χ3n) is 6.97. The van der Waals surface area contributed by atoms with Gasteiger partial charge in [0, 0.05) is 18.2 Å². The second kappa shape index (κ2) is 8.30. The quantitative estimate of drug-likeness (QED) is 0.545. The van der Waals surface area contributed by atoms with E-state index in [0.29, 0.717) is 11.5 Å². The number of aliphatic hydroxyl groups is 4. The van der Waals surface area contributed by atoms with Crippen LogP contribution < -0.4 is 9.47 Å². The molecule has 8 nitrogen and oxygen atoms in total. The van der Waals surface area contributed by atoms with E-state index in [4.69, 9.17) is 14.2 Å². The highest BCUT2D eigenvalue weighted by Crippen LogP contribution is 2.52. The fraction of sp³-hybridized carbons (Fsp3) is 0.500. The Balaban J connectivity index is 1.62. The summed E-state index contributed by atoms with van der Waals surface area (Å²) in [5.41, 5.74) is 5.68. The summed E-state index contributed by atoms with van der Waals surface area (Å²) < 4.78 is 17.5. The van der Waals surface area contributed by atoms with Crippen molar-refractivity contribution in [1.29, 1.82) is 0 Å². The molecule has 0 bridgehead atoms. The smallest absolute Gasteiger partial charge is 0.229 e. The lowest BCUT2D eigenvalue weighted by Gasteiger charge is -2.42. The van der Waals surface area contributed by atoms with E-state index in [1.165, 1.54) is 11.1 Å². The molecule has 6 atom stereocenters. The van der Waals surface area contributed by atoms with Crippen LogP contribution in [0.2, 0.25) is 0 Å². The Morgan fingerprint density at radius 1 is 1.09 bits per heavy atom. The zero-order chi connectivity index (χ0) is 22.6. The molecule has 172 valence electrons. The van der Waals surface area contributed by atoms with Gasteiger partial charge in [0.1, 0.15) is 24.4 Å². The zero-order valence-corrected chi connectivity index (χ0v) is 18.1. The van der Waals surface area contributed by atoms with Gasteiger partial charge in [0.25, 0.3) is 0 Å². The van der Waals surface area contributed by atoms with Gasteiger partial charge in [-0.15, -0.1) is 0 Å². The third kappa shape index (κ3) is 3.30. The molecule has 2 aromatic carbocycles. The van der Waals surface area contributed by atoms with Crippen molar-refractivity contribution >= 4 is 0 Å². The molecule has 1 saturated heterocycles. The molecular formula is C24H29NO7. The molecule has 5 rings (SSSR count). The van der Waals surface area contributed by atoms with Gasteiger partial charge in [0.2, 0.25) is 6.29 Å². The summed E-state index contributed by atoms with van der Waals surface area (Å²) in [5, 5.41) is 40.2. The number of rotatable bonds is 4. The van der Waals surface area contributed by atoms with Gasteiger partial charge in [-0.25, -0.2) is 0 Å². The van der Waals surface area contributed by atoms with Crippen LogP contribution in [0.4, 0.5) is 0 Å². The average molecular weight is 443 g/mol. The van der Waals surface area contributed by atoms with Gasteiger partial charge in [0.05, 0.1) is 13.7 Å². The van der Waals surface area contributed by atoms with E-state index in [1.54, 1.807) is 7.11 Å². The van der Waals surface area contributed by atoms with Crippen molar-refractivity contribution in [1.82, 2.24) is 4.90 Å². The molecule has 0 saturated carbocycles. The molecule has 4 N–H and O–H groups in total. The van der Waals surface area contributed by atoms with Gasteiger partial charge in [-0.05, 0) is 48.2 Å². The molecule has 32 heavy (non-hydrogen) atoms. The Morgan fingerprint density at radius 3 is 2.62 bits per heavy atom. The molecule has 3 aliphatic rings. The summed E-state index contributed by atoms with van der Waals surface area (Å²) in [5.74, 6) is 0.929. The summed E-state index contributed by atoms with van der Waals surface area (Å²) in [6.45, 7) is 0.393. The number of fused-ring (bicyclic) bond motifs is 2. The van der Waals surface area contributed by atoms with E-state index in [2.05, 4.69) is 24.1 Å². The average Bonchev–Trinajstić information content (AvgIpc) is 2.81. The number of hydrogen-bond acceptors (Lipinski definition) is 8. The number of benzene rings is 2. The Kier molecular flexibility index (Phi) is 5.61. The first-order chi connectivity index (χ1) is 15.4. The van der Waals surface area contributed by atoms with E-state index in [9.17, 15) is 20.4 Å². The summed E-state index contributed by atoms with van der Waals surface area (Å²) in [6, 6.07) is 10.4. The number of aliphatic hydroxyl groups excluding tert-OH is 4. The highest BCUT2D eigenvalue weighted by atomic mass is 16.7. The minimum absolute atomic E-state index is 0.235. The molecule has 1 aliphatic carbocycles. The van der Waals surface area contributed by atoms with Crippen molar-refractivity contribution in [3.8, 4) is 22.6 Å². The number of ether oxygens (including phenoxy) is 3. The van der Waals surface area contributed by atoms with Crippen molar-refractivity contribution in [3.63, 3.8) is 0 Å². The molecular weight excluding hydrogens is 414 g/mol. The van der Waals surface area contributed by atoms with Crippen LogP contribution in [0.25, 0.3) is 11.1 Å². The van der Waals surface area contributed by atoms with Crippen molar-refractivity contribution in [2.75, 3.05) is 27.3 Å². The third-order valence-corrected chi connectivity index (χ3v) is 6.97. The van der Waals surface area contributed by atoms with E-state index in [0.717, 1.165) is 36.1 Å². The predicted molar refractivity (Wildman–Crippen MR) is 116 cm³/mol. The first kappa shape index (κ1) is 21.6. The Hall–Kier alpha value is -2.20. The molecule has 8 heteroatoms. The largest absolute Gasteiger partial charge is 0.492 e. The van der Waals surface area contributed by atoms with Crippen molar-refractivity contribution in [2.45, 2.75) is 49.6 Å². The van der Waals surface area contributed by atoms with Gasteiger partial charge < -0.3 is 34.6 Å². The summed E-state index contributed by atoms with van der Waals surface area (Å²) >= 11 is 0. The minimum atomic E-state index is -1.51. The molecule has 2 heterocycles. The highest BCUT2D eigenvalue weighted by Gasteiger charge is 2.45. The fourth-order valence-electron chi connectivity index (χ4n) is 5.22. The van der Waals surface area contributed by atoms with Crippen LogP contribution in [0.15, 0.2) is 30.3 Å². The van der Waals surface area contributed by atoms with Gasteiger partial charge in [-0.3, -0.25) is 4.90 Å². The first-order valence-corrected chi connectivity index (χ1v) is 10.9. The Bertz CT molecular complexity index is 1010. The molecule has 1 fully saturated rings. The Morgan fingerprint density at radius 2 is 1.88 bits per heavy atom. The molecule has 6 unspecified atom stereocenters. The number of hydrogen-bond donors (Lipinski definition) is 4. The molecule has 0 radical (unpaired) electrons. The molecule has 2 aliphatic heterocycles. The lowest BCUT2D eigenvalue weighted by atomic mass is 9.76. The first-order valence-electron chi connectivity index (χ1n) is 10.9. The van der Waals surface area contributed by atoms with E-state index in [-0.39, 0.29) is 6.04 Å². The standard InChI is InChI=1S/C24H29NO7/c1-25-8-7-13-10-16(31-24-22(29)21(28)20(27)17(11-26)32-24)23(30-2)19-14-6-4-3-5-12(14)9-15(25)18(13)19/h3-6,10,15,17,20-22,24,26-29H,7-9,11H2,1-2H3. The lowest BCUT2D eigenvalue weighted by molar-refractivity contribution is -0.277. The molecule has 0 amide bonds. The maximum absolute atomic E-state index is 10.5. The summed E-state index contributed by atoms with van der Waals surface area (Å²) in [6.07, 6.45) is -4.99. The highest BCUT2D eigenvalue weighted by molar-refractivity contribution is 5.83. The second-order valence-corrected chi connectivity index (χ2v) is 8.78. The monoisotopic (exact) mass is 443 g/mol. The normalized spacial score (nSPS) is 31.6. The Labute approximate surface area is 186 Å². The fourth-order valence-corrected chi connectivity index (χ4v) is 5.22. The van der Waals surface area contributed by atoms with Crippen LogP contribution in [0.1, 0.15) is 22.7 Å². The molecule has 0 aromatic heterocycles. The number of likely N-dealkylation sites (N-methyl/N-ethyl adjacent to an activating group) is 1. The van der Waals surface area contributed by atoms with Crippen molar-refractivity contribution in [3.05, 3.63) is 47.0 Å². The topological polar surface area (TPSA) is 112 Å². The van der Waals surface area contributed by atoms with Crippen LogP contribution in [-0.4, -0.2) is 83.3 Å². The summed E-state index contributed by atoms with van der Waals surface area (Å²) in [7, 11) is 3.72. The van der Waals surface area contributed by atoms with Crippen LogP contribution in [-0.2, 0) is 17.6 Å². The number of methoxy groups -OCH3 is 1. The lowest BCUT2D eigenvalue weighted by Crippen LogP contribution is -2.60. The minimum Gasteiger partial charge on any atom is -0.492 e. The SMILES string of the molecule is COc1c(OC2OC(CO)C(O)C(O)C2O)cc2c3c1-c1ccccc1CC3N(C)CC2. The van der Waals surface area contributed by atoms with Crippen molar-refractivity contribution in [2.24, 2.45) is 0 Å². The number of nitrogens with zero attached hydrogens (tertiary/aromatic N) is 1. The van der Waals surface area contributed by atoms with E-state index >= 15 is 0 Å². The van der Waals surface area contributed by atoms with Crippen LogP contribution >= 0.6 is 0 Å². The van der Waals surface area contributed by atoms with Crippen LogP contribution in [0.3, 0.4) is 0 Å². The van der Waals surface area contributed by atoms with Gasteiger partial charge in [-0.2, -0.15) is 0 Å². The molecule has 0 spiro atoms. The molecule has 2 aromatic rings. The second-order valence-electron chi connectivity index (χ2n) is 8.78. The summed E-state index contributed by atoms with van der Waals surface area (Å²) in [4.78, 5) is 2.36. The van der Waals surface area contributed by atoms with Crippen LogP contribution in [0.5, 0.6) is 11.5 Å². The van der Waals surface area contributed by atoms with Crippen LogP contribution in [0, 0.1) is 0 Å². The van der Waals surface area contributed by atoms with E-state index < -0.39 is 37.3 Å². The van der Waals surface area contributed by atoms with Gasteiger partial charge >= 0.3 is 0 Å². The van der Waals surface area contributed by atoms with Gasteiger partial charge in [0.15, 0.2) is 11.5 Å². The maximum Gasteiger partial charge on any atom is 0.229 e.